The van der Waals surface area contributed by atoms with Gasteiger partial charge in [-0.05, 0) is 58.4 Å². The predicted molar refractivity (Wildman–Crippen MR) is 85.0 cm³/mol. The third-order valence-corrected chi connectivity index (χ3v) is 5.98. The van der Waals surface area contributed by atoms with Crippen molar-refractivity contribution >= 4 is 5.91 Å². The van der Waals surface area contributed by atoms with E-state index in [0.29, 0.717) is 18.1 Å². The average Bonchev–Trinajstić information content (AvgIpc) is 3.31. The molecule has 0 radical (unpaired) electrons. The summed E-state index contributed by atoms with van der Waals surface area (Å²) in [6, 6.07) is 1.77. The highest BCUT2D eigenvalue weighted by Crippen LogP contribution is 2.36. The maximum atomic E-state index is 12.1. The smallest absolute Gasteiger partial charge is 0.237 e. The van der Waals surface area contributed by atoms with Gasteiger partial charge in [-0.3, -0.25) is 4.79 Å². The zero-order valence-corrected chi connectivity index (χ0v) is 13.4. The van der Waals surface area contributed by atoms with E-state index in [-0.39, 0.29) is 5.91 Å². The summed E-state index contributed by atoms with van der Waals surface area (Å²) in [5, 5.41) is 3.59. The van der Waals surface area contributed by atoms with Gasteiger partial charge in [0.05, 0.1) is 5.54 Å². The van der Waals surface area contributed by atoms with Crippen LogP contribution in [0.2, 0.25) is 0 Å². The summed E-state index contributed by atoms with van der Waals surface area (Å²) >= 11 is 0. The second-order valence-corrected chi connectivity index (χ2v) is 7.57. The maximum absolute atomic E-state index is 12.1. The molecule has 0 aromatic heterocycles. The van der Waals surface area contributed by atoms with E-state index in [1.807, 2.05) is 0 Å². The normalized spacial score (nSPS) is 35.0. The number of rotatable bonds is 5. The van der Waals surface area contributed by atoms with E-state index >= 15 is 0 Å². The van der Waals surface area contributed by atoms with Crippen molar-refractivity contribution in [2.24, 2.45) is 5.73 Å². The molecule has 0 bridgehead atoms. The molecule has 4 heteroatoms. The standard InChI is InChI=1S/C17H31N3O/c1-20(14-6-3-2-4-7-14)15-8-5-11-17(12-15,16(18)21)19-13-9-10-13/h13-15,19H,2-12H2,1H3,(H2,18,21). The number of nitrogens with zero attached hydrogens (tertiary/aromatic N) is 1. The molecule has 4 nitrogen and oxygen atoms in total. The summed E-state index contributed by atoms with van der Waals surface area (Å²) in [4.78, 5) is 14.7. The summed E-state index contributed by atoms with van der Waals surface area (Å²) < 4.78 is 0. The number of nitrogens with one attached hydrogen (secondary N) is 1. The van der Waals surface area contributed by atoms with Crippen LogP contribution in [0.15, 0.2) is 0 Å². The summed E-state index contributed by atoms with van der Waals surface area (Å²) in [5.74, 6) is -0.129. The molecule has 0 saturated heterocycles. The molecule has 0 aliphatic heterocycles. The van der Waals surface area contributed by atoms with Crippen molar-refractivity contribution in [3.8, 4) is 0 Å². The van der Waals surface area contributed by atoms with Crippen LogP contribution in [0.3, 0.4) is 0 Å². The Balaban J connectivity index is 1.66. The minimum atomic E-state index is -0.437. The van der Waals surface area contributed by atoms with Crippen LogP contribution < -0.4 is 11.1 Å². The predicted octanol–water partition coefficient (Wildman–Crippen LogP) is 2.17. The molecule has 0 spiro atoms. The SMILES string of the molecule is CN(C1CCCCC1)C1CCCC(NC2CC2)(C(N)=O)C1. The van der Waals surface area contributed by atoms with Gasteiger partial charge < -0.3 is 16.0 Å². The van der Waals surface area contributed by atoms with Crippen molar-refractivity contribution in [1.29, 1.82) is 0 Å². The van der Waals surface area contributed by atoms with E-state index in [1.165, 1.54) is 51.4 Å². The Kier molecular flexibility index (Phi) is 4.55. The van der Waals surface area contributed by atoms with Gasteiger partial charge in [0, 0.05) is 18.1 Å². The number of amides is 1. The van der Waals surface area contributed by atoms with Gasteiger partial charge in [0.1, 0.15) is 0 Å². The molecular formula is C17H31N3O. The molecule has 0 heterocycles. The molecule has 3 saturated carbocycles. The zero-order valence-electron chi connectivity index (χ0n) is 13.4. The Morgan fingerprint density at radius 2 is 1.71 bits per heavy atom. The van der Waals surface area contributed by atoms with E-state index in [4.69, 9.17) is 5.73 Å². The molecule has 3 fully saturated rings. The van der Waals surface area contributed by atoms with Crippen LogP contribution in [0.25, 0.3) is 0 Å². The van der Waals surface area contributed by atoms with Crippen LogP contribution in [0.4, 0.5) is 0 Å². The van der Waals surface area contributed by atoms with Crippen LogP contribution in [0.5, 0.6) is 0 Å². The molecule has 2 atom stereocenters. The number of nitrogens with two attached hydrogens (primary N) is 1. The van der Waals surface area contributed by atoms with E-state index < -0.39 is 5.54 Å². The number of carbonyl (C=O) groups is 1. The highest BCUT2D eigenvalue weighted by Gasteiger charge is 2.45. The molecule has 3 rings (SSSR count). The van der Waals surface area contributed by atoms with Gasteiger partial charge >= 0.3 is 0 Å². The molecule has 21 heavy (non-hydrogen) atoms. The fourth-order valence-electron chi connectivity index (χ4n) is 4.42. The summed E-state index contributed by atoms with van der Waals surface area (Å²) in [7, 11) is 2.27. The van der Waals surface area contributed by atoms with Crippen molar-refractivity contribution < 1.29 is 4.79 Å². The lowest BCUT2D eigenvalue weighted by Gasteiger charge is -2.45. The lowest BCUT2D eigenvalue weighted by molar-refractivity contribution is -0.127. The Labute approximate surface area is 128 Å². The molecule has 3 N–H and O–H groups in total. The Morgan fingerprint density at radius 1 is 1.05 bits per heavy atom. The fourth-order valence-corrected chi connectivity index (χ4v) is 4.42. The molecule has 3 aliphatic rings. The Hall–Kier alpha value is -0.610. The fraction of sp³-hybridized carbons (Fsp3) is 0.941. The van der Waals surface area contributed by atoms with Crippen molar-refractivity contribution in [3.63, 3.8) is 0 Å². The summed E-state index contributed by atoms with van der Waals surface area (Å²) in [6.07, 6.45) is 13.4. The van der Waals surface area contributed by atoms with Gasteiger partial charge in [0.25, 0.3) is 0 Å². The molecule has 0 aromatic carbocycles. The number of carbonyl (C=O) groups excluding carboxylic acids is 1. The van der Waals surface area contributed by atoms with E-state index in [2.05, 4.69) is 17.3 Å². The molecule has 0 aromatic rings. The van der Waals surface area contributed by atoms with Gasteiger partial charge in [0.15, 0.2) is 0 Å². The second kappa shape index (κ2) is 6.25. The van der Waals surface area contributed by atoms with Crippen LogP contribution in [0, 0.1) is 0 Å². The average molecular weight is 293 g/mol. The van der Waals surface area contributed by atoms with Crippen molar-refractivity contribution in [3.05, 3.63) is 0 Å². The third-order valence-electron chi connectivity index (χ3n) is 5.98. The van der Waals surface area contributed by atoms with Crippen molar-refractivity contribution in [2.45, 2.75) is 94.3 Å². The van der Waals surface area contributed by atoms with Crippen molar-refractivity contribution in [1.82, 2.24) is 10.2 Å². The first kappa shape index (κ1) is 15.3. The van der Waals surface area contributed by atoms with E-state index in [9.17, 15) is 4.79 Å². The van der Waals surface area contributed by atoms with Gasteiger partial charge in [-0.1, -0.05) is 19.3 Å². The minimum Gasteiger partial charge on any atom is -0.368 e. The Bertz CT molecular complexity index is 376. The summed E-state index contributed by atoms with van der Waals surface area (Å²) in [5.41, 5.74) is 5.36. The van der Waals surface area contributed by atoms with Gasteiger partial charge in [-0.15, -0.1) is 0 Å². The highest BCUT2D eigenvalue weighted by molar-refractivity contribution is 5.85. The zero-order chi connectivity index (χ0) is 14.9. The van der Waals surface area contributed by atoms with Crippen LogP contribution in [-0.2, 0) is 4.79 Å². The third kappa shape index (κ3) is 3.42. The van der Waals surface area contributed by atoms with Gasteiger partial charge in [0.2, 0.25) is 5.91 Å². The van der Waals surface area contributed by atoms with E-state index in [0.717, 1.165) is 19.3 Å². The maximum Gasteiger partial charge on any atom is 0.237 e. The van der Waals surface area contributed by atoms with Gasteiger partial charge in [-0.2, -0.15) is 0 Å². The quantitative estimate of drug-likeness (QED) is 0.817. The molecule has 120 valence electrons. The molecule has 1 amide bonds. The number of primary amides is 1. The molecule has 2 unspecified atom stereocenters. The largest absolute Gasteiger partial charge is 0.368 e. The van der Waals surface area contributed by atoms with E-state index in [1.54, 1.807) is 0 Å². The van der Waals surface area contributed by atoms with Crippen LogP contribution in [-0.4, -0.2) is 41.5 Å². The molecule has 3 aliphatic carbocycles. The topological polar surface area (TPSA) is 58.4 Å². The number of hydrogen-bond donors (Lipinski definition) is 2. The molecular weight excluding hydrogens is 262 g/mol. The lowest BCUT2D eigenvalue weighted by atomic mass is 9.77. The van der Waals surface area contributed by atoms with Crippen LogP contribution >= 0.6 is 0 Å². The minimum absolute atomic E-state index is 0.129. The monoisotopic (exact) mass is 293 g/mol. The summed E-state index contributed by atoms with van der Waals surface area (Å²) in [6.45, 7) is 0. The lowest BCUT2D eigenvalue weighted by Crippen LogP contribution is -2.61. The van der Waals surface area contributed by atoms with Gasteiger partial charge in [-0.25, -0.2) is 0 Å². The first-order chi connectivity index (χ1) is 10.1. The Morgan fingerprint density at radius 3 is 2.33 bits per heavy atom. The first-order valence-corrected chi connectivity index (χ1v) is 8.90. The van der Waals surface area contributed by atoms with Crippen molar-refractivity contribution in [2.75, 3.05) is 7.05 Å². The first-order valence-electron chi connectivity index (χ1n) is 8.90. The second-order valence-electron chi connectivity index (χ2n) is 7.57. The highest BCUT2D eigenvalue weighted by atomic mass is 16.1. The number of hydrogen-bond acceptors (Lipinski definition) is 3. The van der Waals surface area contributed by atoms with Crippen LogP contribution in [0.1, 0.15) is 70.6 Å².